The van der Waals surface area contributed by atoms with Gasteiger partial charge >= 0.3 is 11.9 Å². The number of hydrogen-bond donors (Lipinski definition) is 0. The van der Waals surface area contributed by atoms with E-state index >= 15 is 0 Å². The van der Waals surface area contributed by atoms with Crippen LogP contribution < -0.4 is 0 Å². The molecule has 104 valence electrons. The van der Waals surface area contributed by atoms with Crippen LogP contribution in [0.5, 0.6) is 0 Å². The Labute approximate surface area is 108 Å². The highest BCUT2D eigenvalue weighted by molar-refractivity contribution is 5.75. The van der Waals surface area contributed by atoms with Gasteiger partial charge in [-0.25, -0.2) is 0 Å². The third-order valence-corrected chi connectivity index (χ3v) is 3.32. The SMILES string of the molecule is CCOC(=O)C1CCN(C(C)C(=O)OCC)CC1. The minimum Gasteiger partial charge on any atom is -0.466 e. The summed E-state index contributed by atoms with van der Waals surface area (Å²) in [4.78, 5) is 25.2. The molecule has 0 amide bonds. The molecule has 1 saturated heterocycles. The minimum absolute atomic E-state index is 0.0180. The quantitative estimate of drug-likeness (QED) is 0.693. The van der Waals surface area contributed by atoms with Crippen LogP contribution >= 0.6 is 0 Å². The van der Waals surface area contributed by atoms with Gasteiger partial charge in [0, 0.05) is 0 Å². The molecule has 1 aliphatic heterocycles. The highest BCUT2D eigenvalue weighted by Gasteiger charge is 2.30. The minimum atomic E-state index is -0.229. The number of likely N-dealkylation sites (tertiary alicyclic amines) is 1. The van der Waals surface area contributed by atoms with E-state index in [1.807, 2.05) is 13.8 Å². The Hall–Kier alpha value is -1.10. The van der Waals surface area contributed by atoms with Crippen LogP contribution in [0.4, 0.5) is 0 Å². The molecule has 0 aromatic heterocycles. The molecule has 18 heavy (non-hydrogen) atoms. The summed E-state index contributed by atoms with van der Waals surface area (Å²) in [5.74, 6) is -0.316. The lowest BCUT2D eigenvalue weighted by Gasteiger charge is -2.33. The van der Waals surface area contributed by atoms with Crippen molar-refractivity contribution in [1.82, 2.24) is 4.90 Å². The zero-order valence-electron chi connectivity index (χ0n) is 11.5. The largest absolute Gasteiger partial charge is 0.466 e. The summed E-state index contributed by atoms with van der Waals surface area (Å²) in [5.41, 5.74) is 0. The summed E-state index contributed by atoms with van der Waals surface area (Å²) >= 11 is 0. The zero-order chi connectivity index (χ0) is 13.5. The van der Waals surface area contributed by atoms with Crippen molar-refractivity contribution in [1.29, 1.82) is 0 Å². The van der Waals surface area contributed by atoms with Crippen LogP contribution in [-0.4, -0.2) is 49.2 Å². The molecule has 0 aliphatic carbocycles. The van der Waals surface area contributed by atoms with Crippen LogP contribution in [-0.2, 0) is 19.1 Å². The first-order valence-electron chi connectivity index (χ1n) is 6.67. The van der Waals surface area contributed by atoms with Crippen molar-refractivity contribution in [2.75, 3.05) is 26.3 Å². The van der Waals surface area contributed by atoms with Crippen molar-refractivity contribution in [2.24, 2.45) is 5.92 Å². The van der Waals surface area contributed by atoms with Crippen LogP contribution in [0.1, 0.15) is 33.6 Å². The molecule has 0 radical (unpaired) electrons. The Bertz CT molecular complexity index is 285. The smallest absolute Gasteiger partial charge is 0.323 e. The van der Waals surface area contributed by atoms with Crippen LogP contribution in [0.3, 0.4) is 0 Å². The van der Waals surface area contributed by atoms with E-state index in [1.54, 1.807) is 6.92 Å². The summed E-state index contributed by atoms with van der Waals surface area (Å²) in [6.07, 6.45) is 1.51. The van der Waals surface area contributed by atoms with Crippen LogP contribution in [0.2, 0.25) is 0 Å². The Balaban J connectivity index is 2.39. The number of rotatable bonds is 5. The van der Waals surface area contributed by atoms with E-state index in [1.165, 1.54) is 0 Å². The Morgan fingerprint density at radius 2 is 1.72 bits per heavy atom. The molecule has 0 N–H and O–H groups in total. The molecule has 1 heterocycles. The van der Waals surface area contributed by atoms with Crippen LogP contribution in [0, 0.1) is 5.92 Å². The average molecular weight is 257 g/mol. The number of hydrogen-bond acceptors (Lipinski definition) is 5. The van der Waals surface area contributed by atoms with Crippen molar-refractivity contribution < 1.29 is 19.1 Å². The number of carbonyl (C=O) groups is 2. The summed E-state index contributed by atoms with van der Waals surface area (Å²) in [7, 11) is 0. The molecular weight excluding hydrogens is 234 g/mol. The Kier molecular flexibility index (Phi) is 6.12. The van der Waals surface area contributed by atoms with Gasteiger partial charge < -0.3 is 9.47 Å². The second kappa shape index (κ2) is 7.36. The zero-order valence-corrected chi connectivity index (χ0v) is 11.5. The van der Waals surface area contributed by atoms with Gasteiger partial charge in [-0.1, -0.05) is 0 Å². The third-order valence-electron chi connectivity index (χ3n) is 3.32. The molecule has 0 bridgehead atoms. The van der Waals surface area contributed by atoms with Crippen LogP contribution in [0.25, 0.3) is 0 Å². The molecular formula is C13H23NO4. The normalized spacial score (nSPS) is 19.3. The molecule has 5 nitrogen and oxygen atoms in total. The number of ether oxygens (including phenoxy) is 2. The van der Waals surface area contributed by atoms with Gasteiger partial charge in [0.2, 0.25) is 0 Å². The standard InChI is InChI=1S/C13H23NO4/c1-4-17-12(15)10(3)14-8-6-11(7-9-14)13(16)18-5-2/h10-11H,4-9H2,1-3H3. The van der Waals surface area contributed by atoms with Gasteiger partial charge in [-0.05, 0) is 46.7 Å². The summed E-state index contributed by atoms with van der Waals surface area (Å²) in [6.45, 7) is 7.78. The van der Waals surface area contributed by atoms with Crippen molar-refractivity contribution in [2.45, 2.75) is 39.7 Å². The van der Waals surface area contributed by atoms with Gasteiger partial charge in [0.1, 0.15) is 6.04 Å². The molecule has 1 unspecified atom stereocenters. The van der Waals surface area contributed by atoms with Gasteiger partial charge in [-0.2, -0.15) is 0 Å². The predicted molar refractivity (Wildman–Crippen MR) is 67.0 cm³/mol. The Morgan fingerprint density at radius 3 is 2.22 bits per heavy atom. The first-order valence-corrected chi connectivity index (χ1v) is 6.67. The fourth-order valence-corrected chi connectivity index (χ4v) is 2.19. The van der Waals surface area contributed by atoms with E-state index in [0.717, 1.165) is 25.9 Å². The van der Waals surface area contributed by atoms with E-state index in [2.05, 4.69) is 4.90 Å². The lowest BCUT2D eigenvalue weighted by atomic mass is 9.96. The predicted octanol–water partition coefficient (Wildman–Crippen LogP) is 1.21. The molecule has 0 saturated carbocycles. The second-order valence-corrected chi connectivity index (χ2v) is 4.49. The Morgan fingerprint density at radius 1 is 1.17 bits per heavy atom. The monoisotopic (exact) mass is 257 g/mol. The first-order chi connectivity index (χ1) is 8.60. The molecule has 1 fully saturated rings. The number of carbonyl (C=O) groups excluding carboxylic acids is 2. The van der Waals surface area contributed by atoms with Crippen molar-refractivity contribution in [3.05, 3.63) is 0 Å². The first kappa shape index (κ1) is 15.0. The average Bonchev–Trinajstić information content (AvgIpc) is 2.38. The molecule has 1 aliphatic rings. The van der Waals surface area contributed by atoms with Gasteiger partial charge in [0.25, 0.3) is 0 Å². The maximum atomic E-state index is 11.6. The summed E-state index contributed by atoms with van der Waals surface area (Å²) < 4.78 is 10.0. The fraction of sp³-hybridized carbons (Fsp3) is 0.846. The van der Waals surface area contributed by atoms with Gasteiger partial charge in [0.15, 0.2) is 0 Å². The van der Waals surface area contributed by atoms with E-state index in [4.69, 9.17) is 9.47 Å². The van der Waals surface area contributed by atoms with Crippen LogP contribution in [0.15, 0.2) is 0 Å². The topological polar surface area (TPSA) is 55.8 Å². The van der Waals surface area contributed by atoms with E-state index < -0.39 is 0 Å². The van der Waals surface area contributed by atoms with E-state index in [0.29, 0.717) is 13.2 Å². The lowest BCUT2D eigenvalue weighted by Crippen LogP contribution is -2.45. The lowest BCUT2D eigenvalue weighted by molar-refractivity contribution is -0.152. The fourth-order valence-electron chi connectivity index (χ4n) is 2.19. The van der Waals surface area contributed by atoms with E-state index in [-0.39, 0.29) is 23.9 Å². The molecule has 1 rings (SSSR count). The molecule has 0 aromatic rings. The maximum absolute atomic E-state index is 11.6. The van der Waals surface area contributed by atoms with Crippen molar-refractivity contribution >= 4 is 11.9 Å². The molecule has 5 heteroatoms. The number of nitrogens with zero attached hydrogens (tertiary/aromatic N) is 1. The summed E-state index contributed by atoms with van der Waals surface area (Å²) in [6, 6.07) is -0.229. The molecule has 0 spiro atoms. The number of esters is 2. The van der Waals surface area contributed by atoms with Gasteiger partial charge in [-0.15, -0.1) is 0 Å². The third kappa shape index (κ3) is 3.98. The van der Waals surface area contributed by atoms with Crippen molar-refractivity contribution in [3.8, 4) is 0 Å². The highest BCUT2D eigenvalue weighted by Crippen LogP contribution is 2.20. The van der Waals surface area contributed by atoms with Gasteiger partial charge in [0.05, 0.1) is 19.1 Å². The molecule has 0 aromatic carbocycles. The highest BCUT2D eigenvalue weighted by atomic mass is 16.5. The van der Waals surface area contributed by atoms with E-state index in [9.17, 15) is 9.59 Å². The second-order valence-electron chi connectivity index (χ2n) is 4.49. The maximum Gasteiger partial charge on any atom is 0.323 e. The van der Waals surface area contributed by atoms with Gasteiger partial charge in [-0.3, -0.25) is 14.5 Å². The summed E-state index contributed by atoms with van der Waals surface area (Å²) in [5, 5.41) is 0. The number of piperidine rings is 1. The molecule has 1 atom stereocenters. The van der Waals surface area contributed by atoms with Crippen molar-refractivity contribution in [3.63, 3.8) is 0 Å².